The third-order valence-electron chi connectivity index (χ3n) is 6.58. The molecule has 7 nitrogen and oxygen atoms in total. The van der Waals surface area contributed by atoms with Crippen molar-refractivity contribution in [3.8, 4) is 0 Å². The molecule has 0 aliphatic carbocycles. The van der Waals surface area contributed by atoms with Gasteiger partial charge in [-0.2, -0.15) is 0 Å². The number of nitrogens with zero attached hydrogens (tertiary/aromatic N) is 2. The van der Waals surface area contributed by atoms with E-state index in [0.717, 1.165) is 74.0 Å². The van der Waals surface area contributed by atoms with Crippen molar-refractivity contribution in [2.45, 2.75) is 19.3 Å². The zero-order valence-corrected chi connectivity index (χ0v) is 19.5. The molecule has 2 aromatic carbocycles. The number of carboxylic acid groups (broad SMARTS) is 1. The second-order valence-corrected chi connectivity index (χ2v) is 9.19. The molecule has 5 rings (SSSR count). The molecule has 0 saturated carbocycles. The number of unbranched alkanes of at least 4 members (excludes halogenated alkanes) is 1. The summed E-state index contributed by atoms with van der Waals surface area (Å²) in [6.07, 6.45) is 5.11. The SMILES string of the molecule is O=C(O)c1ccc2c(CCCCN3CCN(c4cc(=O)oc5cc(Cl)ccc45)CC3)c[nH]c2c1. The highest BCUT2D eigenvalue weighted by Gasteiger charge is 2.20. The molecular formula is C26H26ClN3O4. The van der Waals surface area contributed by atoms with Gasteiger partial charge in [0.25, 0.3) is 0 Å². The second kappa shape index (κ2) is 9.52. The summed E-state index contributed by atoms with van der Waals surface area (Å²) < 4.78 is 5.33. The molecule has 0 bridgehead atoms. The van der Waals surface area contributed by atoms with Gasteiger partial charge < -0.3 is 19.4 Å². The van der Waals surface area contributed by atoms with Crippen LogP contribution in [0.2, 0.25) is 5.02 Å². The number of aromatic amines is 1. The van der Waals surface area contributed by atoms with Crippen LogP contribution in [0.5, 0.6) is 0 Å². The van der Waals surface area contributed by atoms with E-state index in [2.05, 4.69) is 14.8 Å². The monoisotopic (exact) mass is 479 g/mol. The van der Waals surface area contributed by atoms with Crippen LogP contribution in [0.15, 0.2) is 57.9 Å². The first-order valence-electron chi connectivity index (χ1n) is 11.5. The van der Waals surface area contributed by atoms with Crippen LogP contribution in [0.25, 0.3) is 21.9 Å². The van der Waals surface area contributed by atoms with Crippen LogP contribution in [0.3, 0.4) is 0 Å². The molecule has 1 aliphatic rings. The maximum Gasteiger partial charge on any atom is 0.338 e. The number of benzene rings is 2. The maximum atomic E-state index is 12.0. The van der Waals surface area contributed by atoms with Crippen molar-refractivity contribution in [3.63, 3.8) is 0 Å². The zero-order valence-electron chi connectivity index (χ0n) is 18.7. The Kier molecular flexibility index (Phi) is 6.30. The smallest absolute Gasteiger partial charge is 0.338 e. The predicted molar refractivity (Wildman–Crippen MR) is 134 cm³/mol. The predicted octanol–water partition coefficient (Wildman–Crippen LogP) is 4.77. The van der Waals surface area contributed by atoms with Gasteiger partial charge in [-0.15, -0.1) is 0 Å². The van der Waals surface area contributed by atoms with Crippen LogP contribution < -0.4 is 10.5 Å². The third-order valence-corrected chi connectivity index (χ3v) is 6.82. The Labute approximate surface area is 201 Å². The summed E-state index contributed by atoms with van der Waals surface area (Å²) in [6, 6.07) is 12.2. The third kappa shape index (κ3) is 4.67. The number of aromatic carboxylic acids is 1. The number of nitrogens with one attached hydrogen (secondary N) is 1. The van der Waals surface area contributed by atoms with Gasteiger partial charge in [-0.3, -0.25) is 4.90 Å². The Morgan fingerprint density at radius 1 is 1.03 bits per heavy atom. The van der Waals surface area contributed by atoms with Gasteiger partial charge in [-0.25, -0.2) is 9.59 Å². The minimum absolute atomic E-state index is 0.299. The fourth-order valence-corrected chi connectivity index (χ4v) is 4.93. The summed E-state index contributed by atoms with van der Waals surface area (Å²) in [5.41, 5.74) is 3.47. The van der Waals surface area contributed by atoms with Crippen LogP contribution in [0.4, 0.5) is 5.69 Å². The van der Waals surface area contributed by atoms with E-state index in [1.54, 1.807) is 24.3 Å². The molecule has 0 unspecified atom stereocenters. The van der Waals surface area contributed by atoms with Crippen LogP contribution in [0, 0.1) is 0 Å². The van der Waals surface area contributed by atoms with Crippen molar-refractivity contribution in [2.24, 2.45) is 0 Å². The number of aryl methyl sites for hydroxylation is 1. The summed E-state index contributed by atoms with van der Waals surface area (Å²) in [6.45, 7) is 4.64. The van der Waals surface area contributed by atoms with Gasteiger partial charge in [0, 0.05) is 65.8 Å². The van der Waals surface area contributed by atoms with Crippen molar-refractivity contribution in [2.75, 3.05) is 37.6 Å². The largest absolute Gasteiger partial charge is 0.478 e. The summed E-state index contributed by atoms with van der Waals surface area (Å²) in [5.74, 6) is -0.911. The van der Waals surface area contributed by atoms with Crippen molar-refractivity contribution < 1.29 is 14.3 Å². The van der Waals surface area contributed by atoms with Crippen molar-refractivity contribution >= 4 is 45.1 Å². The molecule has 1 fully saturated rings. The molecule has 8 heteroatoms. The number of hydrogen-bond acceptors (Lipinski definition) is 5. The molecule has 2 aromatic heterocycles. The summed E-state index contributed by atoms with van der Waals surface area (Å²) >= 11 is 6.06. The highest BCUT2D eigenvalue weighted by Crippen LogP contribution is 2.28. The quantitative estimate of drug-likeness (QED) is 0.293. The molecule has 3 heterocycles. The van der Waals surface area contributed by atoms with Gasteiger partial charge in [0.05, 0.1) is 11.3 Å². The van der Waals surface area contributed by atoms with Crippen LogP contribution in [-0.4, -0.2) is 53.7 Å². The van der Waals surface area contributed by atoms with Crippen molar-refractivity contribution in [1.29, 1.82) is 0 Å². The standard InChI is InChI=1S/C26H26ClN3O4/c27-19-5-7-21-23(15-25(31)34-24(21)14-19)30-11-9-29(10-12-30)8-2-1-3-18-16-28-22-13-17(26(32)33)4-6-20(18)22/h4-7,13-16,28H,1-3,8-12H2,(H,32,33). The summed E-state index contributed by atoms with van der Waals surface area (Å²) in [5, 5.41) is 11.7. The number of carbonyl (C=O) groups is 1. The molecule has 4 aromatic rings. The van der Waals surface area contributed by atoms with Crippen LogP contribution >= 0.6 is 11.6 Å². The van der Waals surface area contributed by atoms with E-state index in [-0.39, 0.29) is 5.63 Å². The van der Waals surface area contributed by atoms with E-state index in [4.69, 9.17) is 21.1 Å². The fourth-order valence-electron chi connectivity index (χ4n) is 4.77. The lowest BCUT2D eigenvalue weighted by molar-refractivity contribution is 0.0697. The lowest BCUT2D eigenvalue weighted by atomic mass is 10.1. The molecule has 34 heavy (non-hydrogen) atoms. The Morgan fingerprint density at radius 3 is 2.62 bits per heavy atom. The molecule has 0 amide bonds. The van der Waals surface area contributed by atoms with Crippen LogP contribution in [0.1, 0.15) is 28.8 Å². The Balaban J connectivity index is 1.14. The highest BCUT2D eigenvalue weighted by molar-refractivity contribution is 6.31. The minimum Gasteiger partial charge on any atom is -0.478 e. The first-order chi connectivity index (χ1) is 16.5. The molecule has 0 radical (unpaired) electrons. The van der Waals surface area contributed by atoms with E-state index in [0.29, 0.717) is 16.2 Å². The van der Waals surface area contributed by atoms with Gasteiger partial charge in [-0.1, -0.05) is 17.7 Å². The summed E-state index contributed by atoms with van der Waals surface area (Å²) in [4.78, 5) is 31.1. The molecular weight excluding hydrogens is 454 g/mol. The van der Waals surface area contributed by atoms with E-state index in [1.165, 1.54) is 5.56 Å². The number of aromatic nitrogens is 1. The number of fused-ring (bicyclic) bond motifs is 2. The average molecular weight is 480 g/mol. The van der Waals surface area contributed by atoms with Crippen molar-refractivity contribution in [3.05, 3.63) is 75.2 Å². The summed E-state index contributed by atoms with van der Waals surface area (Å²) in [7, 11) is 0. The van der Waals surface area contributed by atoms with Gasteiger partial charge in [0.2, 0.25) is 0 Å². The number of rotatable bonds is 7. The maximum absolute atomic E-state index is 12.0. The lowest BCUT2D eigenvalue weighted by Gasteiger charge is -2.36. The van der Waals surface area contributed by atoms with E-state index in [1.807, 2.05) is 24.4 Å². The molecule has 176 valence electrons. The molecule has 1 saturated heterocycles. The number of piperazine rings is 1. The topological polar surface area (TPSA) is 89.8 Å². The first-order valence-corrected chi connectivity index (χ1v) is 11.9. The van der Waals surface area contributed by atoms with Gasteiger partial charge in [0.1, 0.15) is 5.58 Å². The number of carboxylic acids is 1. The van der Waals surface area contributed by atoms with Crippen molar-refractivity contribution in [1.82, 2.24) is 9.88 Å². The molecule has 1 aliphatic heterocycles. The van der Waals surface area contributed by atoms with Crippen LogP contribution in [-0.2, 0) is 6.42 Å². The van der Waals surface area contributed by atoms with Gasteiger partial charge in [0.15, 0.2) is 0 Å². The number of halogens is 1. The average Bonchev–Trinajstić information content (AvgIpc) is 3.23. The fraction of sp³-hybridized carbons (Fsp3) is 0.308. The zero-order chi connectivity index (χ0) is 23.7. The van der Waals surface area contributed by atoms with Gasteiger partial charge >= 0.3 is 11.6 Å². The van der Waals surface area contributed by atoms with Gasteiger partial charge in [-0.05, 0) is 55.6 Å². The molecule has 2 N–H and O–H groups in total. The van der Waals surface area contributed by atoms with E-state index in [9.17, 15) is 9.59 Å². The Bertz CT molecular complexity index is 1400. The Hall–Kier alpha value is -3.29. The number of hydrogen-bond donors (Lipinski definition) is 2. The molecule has 0 spiro atoms. The lowest BCUT2D eigenvalue weighted by Crippen LogP contribution is -2.46. The minimum atomic E-state index is -0.911. The van der Waals surface area contributed by atoms with E-state index >= 15 is 0 Å². The number of anilines is 1. The Morgan fingerprint density at radius 2 is 1.82 bits per heavy atom. The first kappa shape index (κ1) is 22.5. The second-order valence-electron chi connectivity index (χ2n) is 8.76. The van der Waals surface area contributed by atoms with E-state index < -0.39 is 5.97 Å². The number of H-pyrrole nitrogens is 1. The molecule has 0 atom stereocenters. The highest BCUT2D eigenvalue weighted by atomic mass is 35.5. The normalized spacial score (nSPS) is 14.8.